The van der Waals surface area contributed by atoms with Crippen LogP contribution in [-0.2, 0) is 25.2 Å². The summed E-state index contributed by atoms with van der Waals surface area (Å²) in [6.45, 7) is -0.497. The van der Waals surface area contributed by atoms with Crippen LogP contribution in [-0.4, -0.2) is 71.8 Å². The van der Waals surface area contributed by atoms with E-state index in [4.69, 9.17) is 36.9 Å². The minimum Gasteiger partial charge on any atom is -0.756 e. The van der Waals surface area contributed by atoms with Gasteiger partial charge in [-0.3, -0.25) is 18.9 Å². The van der Waals surface area contributed by atoms with Crippen LogP contribution in [0.1, 0.15) is 11.8 Å². The maximum atomic E-state index is 12.6. The predicted molar refractivity (Wildman–Crippen MR) is 121 cm³/mol. The third-order valence-electron chi connectivity index (χ3n) is 5.21. The van der Waals surface area contributed by atoms with Crippen LogP contribution in [0.15, 0.2) is 35.4 Å². The van der Waals surface area contributed by atoms with Crippen molar-refractivity contribution < 1.29 is 61.5 Å². The molecule has 0 aliphatic carbocycles. The van der Waals surface area contributed by atoms with Crippen LogP contribution in [0.2, 0.25) is 5.02 Å². The SMILES string of the molecule is Nc1nc2c(c(=O)[nH]1)n(Cc1ccc(Cl)cc1)c[n+]2[C@@H]1O[C@H](COP(=O)([O-])O)[C@@H](O)[C@H]1O.O=C(O)C(F)(F)F. The summed E-state index contributed by atoms with van der Waals surface area (Å²) in [5.41, 5.74) is 6.14. The van der Waals surface area contributed by atoms with Crippen LogP contribution in [0.25, 0.3) is 11.2 Å². The number of benzene rings is 1. The molecule has 1 aliphatic heterocycles. The number of rotatable bonds is 6. The zero-order valence-corrected chi connectivity index (χ0v) is 20.9. The van der Waals surface area contributed by atoms with Gasteiger partial charge in [0.1, 0.15) is 18.3 Å². The van der Waals surface area contributed by atoms with Gasteiger partial charge in [0.15, 0.2) is 6.33 Å². The summed E-state index contributed by atoms with van der Waals surface area (Å²) in [6.07, 6.45) is -9.25. The number of hydrogen-bond donors (Lipinski definition) is 6. The fraction of sp³-hybridized carbons (Fsp3) is 0.368. The largest absolute Gasteiger partial charge is 0.756 e. The monoisotopic (exact) mass is 601 g/mol. The third kappa shape index (κ3) is 7.52. The molecular weight excluding hydrogens is 582 g/mol. The molecule has 1 unspecified atom stereocenters. The number of halogens is 4. The summed E-state index contributed by atoms with van der Waals surface area (Å²) in [5.74, 6) is -2.94. The summed E-state index contributed by atoms with van der Waals surface area (Å²) in [4.78, 5) is 47.7. The molecule has 214 valence electrons. The van der Waals surface area contributed by atoms with Crippen LogP contribution in [0.5, 0.6) is 0 Å². The Balaban J connectivity index is 0.000000532. The first-order chi connectivity index (χ1) is 18.0. The Bertz CT molecular complexity index is 1440. The first-order valence-electron chi connectivity index (χ1n) is 10.5. The van der Waals surface area contributed by atoms with Crippen molar-refractivity contribution in [2.75, 3.05) is 12.3 Å². The molecule has 15 nitrogen and oxygen atoms in total. The lowest BCUT2D eigenvalue weighted by atomic mass is 10.1. The average molecular weight is 602 g/mol. The van der Waals surface area contributed by atoms with Crippen molar-refractivity contribution in [2.45, 2.75) is 37.3 Å². The molecule has 4 rings (SSSR count). The number of hydrogen-bond acceptors (Lipinski definition) is 10. The van der Waals surface area contributed by atoms with E-state index in [0.29, 0.717) is 5.02 Å². The van der Waals surface area contributed by atoms with E-state index in [9.17, 15) is 37.6 Å². The number of alkyl halides is 3. The maximum absolute atomic E-state index is 12.6. The van der Waals surface area contributed by atoms with Gasteiger partial charge < -0.3 is 40.1 Å². The number of nitrogens with one attached hydrogen (secondary N) is 1. The van der Waals surface area contributed by atoms with Crippen molar-refractivity contribution >= 4 is 42.5 Å². The Morgan fingerprint density at radius 3 is 2.44 bits per heavy atom. The number of anilines is 1. The first-order valence-corrected chi connectivity index (χ1v) is 12.4. The molecule has 3 heterocycles. The van der Waals surface area contributed by atoms with E-state index >= 15 is 0 Å². The van der Waals surface area contributed by atoms with Crippen molar-refractivity contribution in [3.63, 3.8) is 0 Å². The van der Waals surface area contributed by atoms with Crippen LogP contribution in [0.3, 0.4) is 0 Å². The summed E-state index contributed by atoms with van der Waals surface area (Å²) in [6, 6.07) is 6.92. The van der Waals surface area contributed by atoms with Crippen LogP contribution in [0, 0.1) is 0 Å². The number of nitrogens with zero attached hydrogens (tertiary/aromatic N) is 3. The molecule has 0 bridgehead atoms. The van der Waals surface area contributed by atoms with Gasteiger partial charge in [0.2, 0.25) is 11.7 Å². The van der Waals surface area contributed by atoms with E-state index < -0.39 is 56.7 Å². The molecule has 5 atom stereocenters. The smallest absolute Gasteiger partial charge is 0.490 e. The lowest BCUT2D eigenvalue weighted by Gasteiger charge is -2.19. The zero-order valence-electron chi connectivity index (χ0n) is 19.2. The van der Waals surface area contributed by atoms with E-state index in [1.54, 1.807) is 28.8 Å². The number of H-pyrrole nitrogens is 1. The molecule has 1 aliphatic rings. The standard InChI is InChI=1S/C17H19ClN5O8P.C2HF3O2/c18-9-3-1-8(2-4-9)5-22-7-23(14-11(22)15(26)21-17(19)20-14)16-13(25)12(24)10(31-16)6-30-32(27,28)29;3-2(4,5)1(6)7/h1-4,7,10,12-13,16,24-25H,5-6H2,(H4-,19,20,21,26,27,28,29);(H,6,7)/t10-,12-,13-,16-;/m1./s1. The number of carbonyl (C=O) groups is 1. The molecule has 0 amide bonds. The fourth-order valence-electron chi connectivity index (χ4n) is 3.53. The topological polar surface area (TPSA) is 237 Å². The minimum absolute atomic E-state index is 0.0645. The first kappa shape index (κ1) is 30.5. The Hall–Kier alpha value is -3.09. The number of aromatic amines is 1. The number of aromatic nitrogens is 4. The minimum atomic E-state index is -5.08. The van der Waals surface area contributed by atoms with Gasteiger partial charge in [-0.2, -0.15) is 13.2 Å². The molecule has 1 aromatic carbocycles. The number of carboxylic acid groups (broad SMARTS) is 1. The van der Waals surface area contributed by atoms with E-state index in [1.165, 1.54) is 10.9 Å². The highest BCUT2D eigenvalue weighted by Crippen LogP contribution is 2.34. The number of carboxylic acids is 1. The highest BCUT2D eigenvalue weighted by atomic mass is 35.5. The number of aliphatic carboxylic acids is 1. The second-order valence-electron chi connectivity index (χ2n) is 8.01. The van der Waals surface area contributed by atoms with E-state index in [0.717, 1.165) is 5.56 Å². The molecule has 2 aromatic heterocycles. The van der Waals surface area contributed by atoms with E-state index in [1.807, 2.05) is 0 Å². The number of phosphoric ester groups is 1. The van der Waals surface area contributed by atoms with Gasteiger partial charge in [0.25, 0.3) is 19.3 Å². The Kier molecular flexibility index (Phi) is 9.03. The summed E-state index contributed by atoms with van der Waals surface area (Å²) >= 11 is 5.92. The zero-order chi connectivity index (χ0) is 29.3. The fourth-order valence-corrected chi connectivity index (χ4v) is 3.99. The van der Waals surface area contributed by atoms with E-state index in [2.05, 4.69) is 14.5 Å². The summed E-state index contributed by atoms with van der Waals surface area (Å²) < 4.78 is 55.3. The Morgan fingerprint density at radius 2 is 1.90 bits per heavy atom. The predicted octanol–water partition coefficient (Wildman–Crippen LogP) is -0.974. The Labute approximate surface area is 220 Å². The summed E-state index contributed by atoms with van der Waals surface area (Å²) in [5, 5.41) is 28.4. The lowest BCUT2D eigenvalue weighted by molar-refractivity contribution is -0.745. The number of imidazole rings is 1. The number of aliphatic hydroxyl groups is 2. The number of phosphoric acid groups is 1. The highest BCUT2D eigenvalue weighted by molar-refractivity contribution is 7.44. The number of aliphatic hydroxyl groups excluding tert-OH is 2. The van der Waals surface area contributed by atoms with Gasteiger partial charge in [-0.15, -0.1) is 0 Å². The molecule has 39 heavy (non-hydrogen) atoms. The van der Waals surface area contributed by atoms with E-state index in [-0.39, 0.29) is 23.7 Å². The highest BCUT2D eigenvalue weighted by Gasteiger charge is 2.47. The second-order valence-corrected chi connectivity index (χ2v) is 9.65. The third-order valence-corrected chi connectivity index (χ3v) is 5.94. The molecule has 0 radical (unpaired) electrons. The second kappa shape index (κ2) is 11.6. The molecule has 0 saturated carbocycles. The molecular formula is C19H20ClF3N5O10P. The number of ether oxygens (including phenoxy) is 1. The van der Waals surface area contributed by atoms with Crippen LogP contribution in [0.4, 0.5) is 19.1 Å². The summed E-state index contributed by atoms with van der Waals surface area (Å²) in [7, 11) is -5.06. The van der Waals surface area contributed by atoms with Crippen LogP contribution < -0.4 is 20.8 Å². The molecule has 20 heteroatoms. The molecule has 1 saturated heterocycles. The molecule has 1 fully saturated rings. The number of fused-ring (bicyclic) bond motifs is 1. The van der Waals surface area contributed by atoms with Crippen molar-refractivity contribution in [3.05, 3.63) is 51.5 Å². The van der Waals surface area contributed by atoms with Crippen molar-refractivity contribution in [3.8, 4) is 0 Å². The van der Waals surface area contributed by atoms with Gasteiger partial charge in [-0.25, -0.2) is 9.36 Å². The average Bonchev–Trinajstić information content (AvgIpc) is 3.30. The van der Waals surface area contributed by atoms with Crippen molar-refractivity contribution in [1.82, 2.24) is 14.5 Å². The molecule has 0 spiro atoms. The number of nitrogen functional groups attached to an aromatic ring is 1. The van der Waals surface area contributed by atoms with Gasteiger partial charge in [-0.05, 0) is 17.7 Å². The maximum Gasteiger partial charge on any atom is 0.490 e. The van der Waals surface area contributed by atoms with Gasteiger partial charge in [0, 0.05) is 5.02 Å². The van der Waals surface area contributed by atoms with Crippen molar-refractivity contribution in [1.29, 1.82) is 0 Å². The van der Waals surface area contributed by atoms with Crippen molar-refractivity contribution in [2.24, 2.45) is 0 Å². The normalized spacial score (nSPS) is 22.8. The Morgan fingerprint density at radius 1 is 1.31 bits per heavy atom. The van der Waals surface area contributed by atoms with Crippen LogP contribution >= 0.6 is 19.4 Å². The quantitative estimate of drug-likeness (QED) is 0.148. The molecule has 3 aromatic rings. The van der Waals surface area contributed by atoms with Gasteiger partial charge in [-0.1, -0.05) is 28.7 Å². The van der Waals surface area contributed by atoms with Gasteiger partial charge in [0.05, 0.1) is 13.2 Å². The molecule has 7 N–H and O–H groups in total. The van der Waals surface area contributed by atoms with Gasteiger partial charge >= 0.3 is 17.8 Å². The lowest BCUT2D eigenvalue weighted by Crippen LogP contribution is -2.46. The number of nitrogens with two attached hydrogens (primary N) is 1.